The van der Waals surface area contributed by atoms with Gasteiger partial charge in [0.05, 0.1) is 12.7 Å². The molecular weight excluding hydrogens is 440 g/mol. The molecular formula is C23H22N6O3S. The van der Waals surface area contributed by atoms with E-state index >= 15 is 0 Å². The van der Waals surface area contributed by atoms with E-state index in [1.807, 2.05) is 66.9 Å². The normalized spacial score (nSPS) is 10.8. The largest absolute Gasteiger partial charge is 0.383 e. The molecule has 0 unspecified atom stereocenters. The van der Waals surface area contributed by atoms with Gasteiger partial charge in [0.15, 0.2) is 10.8 Å². The second kappa shape index (κ2) is 9.21. The molecule has 2 aromatic heterocycles. The first kappa shape index (κ1) is 22.2. The molecule has 2 aromatic carbocycles. The van der Waals surface area contributed by atoms with Gasteiger partial charge in [-0.1, -0.05) is 60.3 Å². The Bertz CT molecular complexity index is 1410. The van der Waals surface area contributed by atoms with Gasteiger partial charge in [0.2, 0.25) is 0 Å². The molecule has 0 aliphatic heterocycles. The third-order valence-corrected chi connectivity index (χ3v) is 5.84. The van der Waals surface area contributed by atoms with Crippen molar-refractivity contribution in [1.82, 2.24) is 19.1 Å². The van der Waals surface area contributed by atoms with E-state index in [0.717, 1.165) is 16.2 Å². The van der Waals surface area contributed by atoms with Crippen LogP contribution in [-0.2, 0) is 6.54 Å². The van der Waals surface area contributed by atoms with Gasteiger partial charge in [-0.2, -0.15) is 0 Å². The van der Waals surface area contributed by atoms with Crippen LogP contribution in [0.15, 0.2) is 81.6 Å². The molecule has 3 N–H and O–H groups in total. The SMILES string of the molecule is CSc1ncc(C(=O)N(C)c2c(N)n(Cc3ccccc3)c(=O)[nH]c2=O)n1-c1ccccc1. The minimum absolute atomic E-state index is 0.0979. The van der Waals surface area contributed by atoms with Gasteiger partial charge in [0.25, 0.3) is 11.5 Å². The van der Waals surface area contributed by atoms with E-state index in [1.165, 1.54) is 29.6 Å². The van der Waals surface area contributed by atoms with Crippen molar-refractivity contribution in [2.45, 2.75) is 11.7 Å². The number of para-hydroxylation sites is 1. The van der Waals surface area contributed by atoms with Gasteiger partial charge >= 0.3 is 5.69 Å². The molecule has 168 valence electrons. The number of rotatable bonds is 6. The first-order valence-electron chi connectivity index (χ1n) is 10.0. The Hall–Kier alpha value is -4.05. The van der Waals surface area contributed by atoms with Crippen molar-refractivity contribution >= 4 is 29.2 Å². The summed E-state index contributed by atoms with van der Waals surface area (Å²) in [6.45, 7) is 0.149. The zero-order valence-corrected chi connectivity index (χ0v) is 18.9. The first-order chi connectivity index (χ1) is 15.9. The number of imidazole rings is 1. The fraction of sp³-hybridized carbons (Fsp3) is 0.130. The van der Waals surface area contributed by atoms with Crippen molar-refractivity contribution in [3.8, 4) is 5.69 Å². The Morgan fingerprint density at radius 1 is 1.09 bits per heavy atom. The summed E-state index contributed by atoms with van der Waals surface area (Å²) in [6.07, 6.45) is 3.32. The highest BCUT2D eigenvalue weighted by molar-refractivity contribution is 7.98. The Labute approximate surface area is 193 Å². The maximum atomic E-state index is 13.5. The molecule has 10 heteroatoms. The van der Waals surface area contributed by atoms with Gasteiger partial charge in [-0.15, -0.1) is 0 Å². The Morgan fingerprint density at radius 2 is 1.73 bits per heavy atom. The van der Waals surface area contributed by atoms with Crippen molar-refractivity contribution in [3.63, 3.8) is 0 Å². The summed E-state index contributed by atoms with van der Waals surface area (Å²) in [5, 5.41) is 0.619. The first-order valence-corrected chi connectivity index (χ1v) is 11.3. The van der Waals surface area contributed by atoms with E-state index in [0.29, 0.717) is 5.16 Å². The number of H-pyrrole nitrogens is 1. The van der Waals surface area contributed by atoms with E-state index in [-0.39, 0.29) is 23.7 Å². The number of aromatic nitrogens is 4. The number of hydrogen-bond donors (Lipinski definition) is 2. The molecule has 33 heavy (non-hydrogen) atoms. The number of carbonyl (C=O) groups excluding carboxylic acids is 1. The van der Waals surface area contributed by atoms with Crippen LogP contribution in [0.4, 0.5) is 11.5 Å². The average Bonchev–Trinajstić information content (AvgIpc) is 3.26. The number of thioether (sulfide) groups is 1. The van der Waals surface area contributed by atoms with Crippen LogP contribution in [0.5, 0.6) is 0 Å². The molecule has 4 rings (SSSR count). The van der Waals surface area contributed by atoms with E-state index in [2.05, 4.69) is 9.97 Å². The minimum atomic E-state index is -0.742. The maximum Gasteiger partial charge on any atom is 0.330 e. The molecule has 4 aromatic rings. The Morgan fingerprint density at radius 3 is 2.36 bits per heavy atom. The van der Waals surface area contributed by atoms with E-state index in [4.69, 9.17) is 5.73 Å². The van der Waals surface area contributed by atoms with Gasteiger partial charge in [-0.3, -0.25) is 23.7 Å². The molecule has 0 spiro atoms. The zero-order chi connectivity index (χ0) is 23.5. The number of anilines is 2. The summed E-state index contributed by atoms with van der Waals surface area (Å²) >= 11 is 1.39. The van der Waals surface area contributed by atoms with Crippen LogP contribution in [0, 0.1) is 0 Å². The lowest BCUT2D eigenvalue weighted by Gasteiger charge is -2.21. The quantitative estimate of drug-likeness (QED) is 0.425. The van der Waals surface area contributed by atoms with Crippen LogP contribution >= 0.6 is 11.8 Å². The van der Waals surface area contributed by atoms with Crippen molar-refractivity contribution in [1.29, 1.82) is 0 Å². The summed E-state index contributed by atoms with van der Waals surface area (Å²) in [7, 11) is 1.45. The summed E-state index contributed by atoms with van der Waals surface area (Å²) in [4.78, 5) is 46.4. The predicted molar refractivity (Wildman–Crippen MR) is 129 cm³/mol. The van der Waals surface area contributed by atoms with Crippen molar-refractivity contribution in [2.24, 2.45) is 0 Å². The number of nitrogen functional groups attached to an aromatic ring is 1. The monoisotopic (exact) mass is 462 g/mol. The average molecular weight is 463 g/mol. The van der Waals surface area contributed by atoms with Crippen LogP contribution in [0.1, 0.15) is 16.1 Å². The predicted octanol–water partition coefficient (Wildman–Crippen LogP) is 2.35. The standard InChI is InChI=1S/C23H22N6O3S/c1-27(21(31)17-13-25-23(33-2)29(17)16-11-7-4-8-12-16)18-19(24)28(22(32)26-20(18)30)14-15-9-5-3-6-10-15/h3-13H,14,24H2,1-2H3,(H,26,30,32). The number of hydrogen-bond acceptors (Lipinski definition) is 6. The van der Waals surface area contributed by atoms with Crippen LogP contribution in [0.2, 0.25) is 0 Å². The molecule has 9 nitrogen and oxygen atoms in total. The van der Waals surface area contributed by atoms with Gasteiger partial charge in [-0.25, -0.2) is 9.78 Å². The smallest absolute Gasteiger partial charge is 0.330 e. The van der Waals surface area contributed by atoms with Gasteiger partial charge < -0.3 is 10.6 Å². The summed E-state index contributed by atoms with van der Waals surface area (Å²) in [5.41, 5.74) is 6.59. The van der Waals surface area contributed by atoms with Gasteiger partial charge in [-0.05, 0) is 24.0 Å². The third-order valence-electron chi connectivity index (χ3n) is 5.18. The fourth-order valence-electron chi connectivity index (χ4n) is 3.55. The van der Waals surface area contributed by atoms with E-state index in [9.17, 15) is 14.4 Å². The number of amides is 1. The van der Waals surface area contributed by atoms with Crippen LogP contribution in [0.25, 0.3) is 5.69 Å². The molecule has 1 amide bonds. The van der Waals surface area contributed by atoms with Crippen molar-refractivity contribution in [3.05, 3.63) is 99.0 Å². The summed E-state index contributed by atoms with van der Waals surface area (Å²) in [5.74, 6) is -0.590. The summed E-state index contributed by atoms with van der Waals surface area (Å²) < 4.78 is 2.95. The number of aromatic amines is 1. The van der Waals surface area contributed by atoms with Gasteiger partial charge in [0, 0.05) is 12.7 Å². The lowest BCUT2D eigenvalue weighted by atomic mass is 10.2. The van der Waals surface area contributed by atoms with Crippen molar-refractivity contribution < 1.29 is 4.79 Å². The second-order valence-electron chi connectivity index (χ2n) is 7.23. The lowest BCUT2D eigenvalue weighted by molar-refractivity contribution is 0.0985. The molecule has 0 aliphatic rings. The number of nitrogens with two attached hydrogens (primary N) is 1. The second-order valence-corrected chi connectivity index (χ2v) is 8.00. The number of benzene rings is 2. The molecule has 0 atom stereocenters. The minimum Gasteiger partial charge on any atom is -0.383 e. The molecule has 0 aliphatic carbocycles. The van der Waals surface area contributed by atoms with E-state index in [1.54, 1.807) is 4.57 Å². The topological polar surface area (TPSA) is 119 Å². The van der Waals surface area contributed by atoms with Gasteiger partial charge in [0.1, 0.15) is 11.5 Å². The highest BCUT2D eigenvalue weighted by Crippen LogP contribution is 2.24. The van der Waals surface area contributed by atoms with E-state index < -0.39 is 17.2 Å². The fourth-order valence-corrected chi connectivity index (χ4v) is 4.10. The lowest BCUT2D eigenvalue weighted by Crippen LogP contribution is -2.39. The van der Waals surface area contributed by atoms with Crippen LogP contribution < -0.4 is 21.9 Å². The van der Waals surface area contributed by atoms with Crippen LogP contribution in [-0.4, -0.2) is 38.3 Å². The van der Waals surface area contributed by atoms with Crippen molar-refractivity contribution in [2.75, 3.05) is 23.9 Å². The number of nitrogens with zero attached hydrogens (tertiary/aromatic N) is 4. The van der Waals surface area contributed by atoms with Crippen LogP contribution in [0.3, 0.4) is 0 Å². The molecule has 0 radical (unpaired) electrons. The number of carbonyl (C=O) groups is 1. The molecule has 0 bridgehead atoms. The molecule has 2 heterocycles. The maximum absolute atomic E-state index is 13.5. The zero-order valence-electron chi connectivity index (χ0n) is 18.1. The highest BCUT2D eigenvalue weighted by Gasteiger charge is 2.26. The molecule has 0 saturated heterocycles. The highest BCUT2D eigenvalue weighted by atomic mass is 32.2. The molecule has 0 fully saturated rings. The summed E-state index contributed by atoms with van der Waals surface area (Å²) in [6, 6.07) is 18.5. The third kappa shape index (κ3) is 4.20. The Balaban J connectivity index is 1.78. The molecule has 0 saturated carbocycles. The number of nitrogens with one attached hydrogen (secondary N) is 1. The Kier molecular flexibility index (Phi) is 6.18.